The summed E-state index contributed by atoms with van der Waals surface area (Å²) in [6, 6.07) is 6.12. The van der Waals surface area contributed by atoms with Crippen LogP contribution in [0.2, 0.25) is 0 Å². The maximum Gasteiger partial charge on any atom is 0.355 e. The van der Waals surface area contributed by atoms with Crippen molar-refractivity contribution in [3.8, 4) is 0 Å². The number of rotatable bonds is 9. The Bertz CT molecular complexity index is 1380. The fraction of sp³-hybridized carbons (Fsp3) is 0.250. The highest BCUT2D eigenvalue weighted by atomic mass is 35.5. The number of nitrogens with two attached hydrogens (primary N) is 1. The number of nitrogen functional groups attached to an aromatic ring is 1. The molecule has 2 amide bonds. The predicted octanol–water partition coefficient (Wildman–Crippen LogP) is 0.0125. The van der Waals surface area contributed by atoms with Crippen molar-refractivity contribution in [1.82, 2.24) is 20.3 Å². The molecule has 0 saturated carbocycles. The van der Waals surface area contributed by atoms with Crippen LogP contribution in [0.3, 0.4) is 0 Å². The number of hydrogen-bond donors (Lipinski definition) is 3. The molecule has 2 aliphatic heterocycles. The van der Waals surface area contributed by atoms with Gasteiger partial charge in [0.1, 0.15) is 18.3 Å². The van der Waals surface area contributed by atoms with Crippen molar-refractivity contribution in [2.24, 2.45) is 5.16 Å². The number of carboxylic acid groups (broad SMARTS) is 1. The smallest absolute Gasteiger partial charge is 0.355 e. The zero-order valence-electron chi connectivity index (χ0n) is 18.3. The number of anilines is 1. The van der Waals surface area contributed by atoms with Gasteiger partial charge in [0.15, 0.2) is 16.5 Å². The third kappa shape index (κ3) is 4.77. The van der Waals surface area contributed by atoms with Gasteiger partial charge < -0.3 is 21.0 Å². The summed E-state index contributed by atoms with van der Waals surface area (Å²) in [5.41, 5.74) is 4.80. The van der Waals surface area contributed by atoms with Crippen LogP contribution in [0.25, 0.3) is 0 Å². The van der Waals surface area contributed by atoms with Gasteiger partial charge in [0.05, 0.1) is 22.2 Å². The van der Waals surface area contributed by atoms with Crippen LogP contribution >= 0.6 is 22.9 Å². The molecular weight excluding hydrogens is 536 g/mol. The van der Waals surface area contributed by atoms with Gasteiger partial charge in [0, 0.05) is 11.9 Å². The van der Waals surface area contributed by atoms with Crippen LogP contribution in [0, 0.1) is 0 Å². The number of oxime groups is 1. The van der Waals surface area contributed by atoms with Crippen LogP contribution < -0.4 is 11.1 Å². The Kier molecular flexibility index (Phi) is 7.26. The summed E-state index contributed by atoms with van der Waals surface area (Å²) in [6.07, 6.45) is 0. The number of alkyl halides is 1. The second-order valence-electron chi connectivity index (χ2n) is 7.45. The molecule has 1 aromatic heterocycles. The maximum absolute atomic E-state index is 13.1. The minimum Gasteiger partial charge on any atom is -0.476 e. The van der Waals surface area contributed by atoms with Crippen LogP contribution in [0.1, 0.15) is 5.69 Å². The summed E-state index contributed by atoms with van der Waals surface area (Å²) in [4.78, 5) is 46.6. The number of carboxylic acids is 1. The first-order chi connectivity index (χ1) is 17.1. The molecule has 36 heavy (non-hydrogen) atoms. The second kappa shape index (κ2) is 10.2. The van der Waals surface area contributed by atoms with Crippen LogP contribution in [0.15, 0.2) is 56.4 Å². The van der Waals surface area contributed by atoms with Crippen LogP contribution in [0.4, 0.5) is 5.13 Å². The number of amides is 2. The molecule has 2 aliphatic rings. The molecule has 1 fully saturated rings. The van der Waals surface area contributed by atoms with E-state index in [-0.39, 0.29) is 47.0 Å². The van der Waals surface area contributed by atoms with Crippen molar-refractivity contribution in [2.75, 3.05) is 31.3 Å². The van der Waals surface area contributed by atoms with E-state index in [1.54, 1.807) is 6.07 Å². The van der Waals surface area contributed by atoms with Gasteiger partial charge >= 0.3 is 5.97 Å². The molecule has 4 rings (SSSR count). The largest absolute Gasteiger partial charge is 0.476 e. The number of hydrogen-bond acceptors (Lipinski definition) is 11. The van der Waals surface area contributed by atoms with Crippen molar-refractivity contribution in [3.63, 3.8) is 0 Å². The Morgan fingerprint density at radius 2 is 2.06 bits per heavy atom. The molecule has 16 heteroatoms. The second-order valence-corrected chi connectivity index (χ2v) is 10.7. The lowest BCUT2D eigenvalue weighted by Crippen LogP contribution is -2.46. The van der Waals surface area contributed by atoms with Crippen molar-refractivity contribution in [2.45, 2.75) is 10.9 Å². The lowest BCUT2D eigenvalue weighted by Gasteiger charge is -2.18. The normalized spacial score (nSPS) is 18.5. The number of carbonyl (C=O) groups is 3. The first kappa shape index (κ1) is 25.6. The minimum atomic E-state index is -4.19. The van der Waals surface area contributed by atoms with E-state index in [0.717, 1.165) is 16.3 Å². The van der Waals surface area contributed by atoms with Crippen molar-refractivity contribution < 1.29 is 32.7 Å². The average molecular weight is 555 g/mol. The summed E-state index contributed by atoms with van der Waals surface area (Å²) in [5.74, 6) is -3.13. The standard InChI is InChI=1S/C20H19ClN6O7S2/c21-6-7-34-25-15(13-10-35-20(22)24-13)17(28)23-12-8-26-9-14(16(19(30)31)27(26)18(12)29)36(32,33)11-4-2-1-3-5-11/h1-5,10,12H,6-9H2,(H2,22,24)(H,23,28)(H,30,31)/b25-15+/t12-/m0/s1. The number of nitrogens with one attached hydrogen (secondary N) is 1. The molecule has 0 spiro atoms. The van der Waals surface area contributed by atoms with Gasteiger partial charge in [-0.1, -0.05) is 23.4 Å². The Morgan fingerprint density at radius 3 is 2.67 bits per heavy atom. The lowest BCUT2D eigenvalue weighted by atomic mass is 10.2. The summed E-state index contributed by atoms with van der Waals surface area (Å²) >= 11 is 6.63. The van der Waals surface area contributed by atoms with Gasteiger partial charge in [0.2, 0.25) is 9.84 Å². The molecule has 0 unspecified atom stereocenters. The van der Waals surface area contributed by atoms with E-state index in [4.69, 9.17) is 22.2 Å². The zero-order chi connectivity index (χ0) is 26.0. The molecule has 0 aliphatic carbocycles. The van der Waals surface area contributed by atoms with E-state index >= 15 is 0 Å². The molecule has 3 heterocycles. The van der Waals surface area contributed by atoms with Crippen LogP contribution in [0.5, 0.6) is 0 Å². The quantitative estimate of drug-likeness (QED) is 0.165. The fourth-order valence-electron chi connectivity index (χ4n) is 3.65. The number of aromatic nitrogens is 1. The van der Waals surface area contributed by atoms with Crippen molar-refractivity contribution in [1.29, 1.82) is 0 Å². The number of aliphatic carboxylic acids is 1. The van der Waals surface area contributed by atoms with E-state index < -0.39 is 44.3 Å². The number of nitrogens with zero attached hydrogens (tertiary/aromatic N) is 4. The molecule has 0 bridgehead atoms. The number of benzene rings is 1. The van der Waals surface area contributed by atoms with E-state index in [9.17, 15) is 27.9 Å². The Labute approximate surface area is 213 Å². The molecule has 1 atom stereocenters. The first-order valence-corrected chi connectivity index (χ1v) is 13.2. The highest BCUT2D eigenvalue weighted by Gasteiger charge is 2.51. The van der Waals surface area contributed by atoms with Crippen LogP contribution in [-0.4, -0.2) is 83.6 Å². The van der Waals surface area contributed by atoms with Gasteiger partial charge in [-0.2, -0.15) is 0 Å². The maximum atomic E-state index is 13.1. The van der Waals surface area contributed by atoms with Gasteiger partial charge in [0.25, 0.3) is 11.8 Å². The van der Waals surface area contributed by atoms with E-state index in [2.05, 4.69) is 15.5 Å². The Hall–Kier alpha value is -3.53. The van der Waals surface area contributed by atoms with E-state index in [0.29, 0.717) is 0 Å². The SMILES string of the molecule is Nc1nc(/C(=N\OCCCl)C(=O)N[C@H]2CN3CC(S(=O)(=O)c4ccccc4)=C(C(=O)O)N3C2=O)cs1. The highest BCUT2D eigenvalue weighted by Crippen LogP contribution is 2.34. The molecule has 0 radical (unpaired) electrons. The number of halogens is 1. The van der Waals surface area contributed by atoms with Gasteiger partial charge in [-0.15, -0.1) is 22.9 Å². The monoisotopic (exact) mass is 554 g/mol. The van der Waals surface area contributed by atoms with E-state index in [1.807, 2.05) is 0 Å². The van der Waals surface area contributed by atoms with Crippen LogP contribution in [-0.2, 0) is 29.1 Å². The van der Waals surface area contributed by atoms with Gasteiger partial charge in [-0.3, -0.25) is 9.59 Å². The molecule has 1 saturated heterocycles. The summed E-state index contributed by atoms with van der Waals surface area (Å²) < 4.78 is 26.2. The summed E-state index contributed by atoms with van der Waals surface area (Å²) in [7, 11) is -4.19. The van der Waals surface area contributed by atoms with Gasteiger partial charge in [-0.05, 0) is 12.1 Å². The fourth-order valence-corrected chi connectivity index (χ4v) is 5.81. The number of thiazole rings is 1. The topological polar surface area (TPSA) is 185 Å². The minimum absolute atomic E-state index is 0.00724. The molecule has 190 valence electrons. The van der Waals surface area contributed by atoms with Crippen molar-refractivity contribution in [3.05, 3.63) is 52.0 Å². The number of fused-ring (bicyclic) bond motifs is 1. The average Bonchev–Trinajstić information content (AvgIpc) is 3.52. The highest BCUT2D eigenvalue weighted by molar-refractivity contribution is 7.95. The molecule has 4 N–H and O–H groups in total. The molecular formula is C20H19ClN6O7S2. The molecule has 13 nitrogen and oxygen atoms in total. The zero-order valence-corrected chi connectivity index (χ0v) is 20.7. The number of hydrazine groups is 1. The number of sulfone groups is 1. The van der Waals surface area contributed by atoms with Crippen molar-refractivity contribution >= 4 is 61.4 Å². The molecule has 1 aromatic carbocycles. The van der Waals surface area contributed by atoms with Gasteiger partial charge in [-0.25, -0.2) is 28.2 Å². The Balaban J connectivity index is 1.59. The Morgan fingerprint density at radius 1 is 1.33 bits per heavy atom. The number of carbonyl (C=O) groups excluding carboxylic acids is 2. The van der Waals surface area contributed by atoms with E-state index in [1.165, 1.54) is 34.7 Å². The predicted molar refractivity (Wildman–Crippen MR) is 128 cm³/mol. The first-order valence-electron chi connectivity index (χ1n) is 10.3. The summed E-state index contributed by atoms with van der Waals surface area (Å²) in [6.45, 7) is -0.531. The third-order valence-electron chi connectivity index (χ3n) is 5.17. The third-order valence-corrected chi connectivity index (χ3v) is 7.87. The molecule has 2 aromatic rings. The lowest BCUT2D eigenvalue weighted by molar-refractivity contribution is -0.143. The summed E-state index contributed by atoms with van der Waals surface area (Å²) in [5, 5.41) is 19.7.